The van der Waals surface area contributed by atoms with Crippen molar-refractivity contribution in [3.05, 3.63) is 74.9 Å². The third kappa shape index (κ3) is 5.56. The van der Waals surface area contributed by atoms with Gasteiger partial charge in [0.05, 0.1) is 16.8 Å². The molecule has 3 rings (SSSR count). The van der Waals surface area contributed by atoms with E-state index in [-0.39, 0.29) is 12.1 Å². The van der Waals surface area contributed by atoms with Gasteiger partial charge in [-0.1, -0.05) is 31.9 Å². The minimum Gasteiger partial charge on any atom is -0.374 e. The van der Waals surface area contributed by atoms with Gasteiger partial charge in [0.2, 0.25) is 0 Å². The number of hydrogen-bond acceptors (Lipinski definition) is 4. The Morgan fingerprint density at radius 3 is 2.59 bits per heavy atom. The summed E-state index contributed by atoms with van der Waals surface area (Å²) in [6, 6.07) is 3.56. The molecule has 2 N–H and O–H groups in total. The summed E-state index contributed by atoms with van der Waals surface area (Å²) >= 11 is 1.16. The van der Waals surface area contributed by atoms with E-state index >= 15 is 0 Å². The van der Waals surface area contributed by atoms with Gasteiger partial charge < -0.3 is 10.6 Å². The minimum absolute atomic E-state index is 0.133. The Hall–Kier alpha value is -2.26. The van der Waals surface area contributed by atoms with Crippen LogP contribution in [-0.2, 0) is 12.0 Å². The Morgan fingerprint density at radius 2 is 1.94 bits per heavy atom. The second kappa shape index (κ2) is 9.70. The summed E-state index contributed by atoms with van der Waals surface area (Å²) < 4.78 is 68.3. The van der Waals surface area contributed by atoms with Crippen molar-refractivity contribution in [1.29, 1.82) is 0 Å². The maximum absolute atomic E-state index is 13.9. The van der Waals surface area contributed by atoms with Crippen LogP contribution < -0.4 is 5.73 Å². The molecule has 0 saturated heterocycles. The van der Waals surface area contributed by atoms with Gasteiger partial charge in [-0.05, 0) is 30.2 Å². The summed E-state index contributed by atoms with van der Waals surface area (Å²) in [5, 5.41) is 2.03. The highest BCUT2D eigenvalue weighted by Crippen LogP contribution is 2.42. The predicted molar refractivity (Wildman–Crippen MR) is 116 cm³/mol. The summed E-state index contributed by atoms with van der Waals surface area (Å²) in [7, 11) is 1.66. The molecule has 1 aromatic carbocycles. The molecule has 0 bridgehead atoms. The number of benzene rings is 1. The number of thiazole rings is 1. The largest absolute Gasteiger partial charge is 0.414 e. The van der Waals surface area contributed by atoms with E-state index in [2.05, 4.69) is 4.98 Å². The highest BCUT2D eigenvalue weighted by molar-refractivity contribution is 7.09. The fourth-order valence-electron chi connectivity index (χ4n) is 3.70. The molecule has 1 unspecified atom stereocenters. The number of unbranched alkanes of at least 4 members (excludes halogenated alkanes) is 2. The van der Waals surface area contributed by atoms with Gasteiger partial charge in [0, 0.05) is 37.5 Å². The third-order valence-electron chi connectivity index (χ3n) is 5.49. The van der Waals surface area contributed by atoms with Crippen LogP contribution in [0.2, 0.25) is 0 Å². The molecule has 1 aromatic heterocycles. The van der Waals surface area contributed by atoms with Gasteiger partial charge in [-0.25, -0.2) is 13.8 Å². The lowest BCUT2D eigenvalue weighted by molar-refractivity contribution is -0.0975. The van der Waals surface area contributed by atoms with Crippen LogP contribution in [0.15, 0.2) is 47.0 Å². The Bertz CT molecular complexity index is 1010. The standard InChI is InChI=1S/C23H26F5N3S/c1-3-4-5-10-31(2)20-8-9-22(29,13-17(20)23(26,27)28)21-30-16(14-32-21)11-15-6-7-18(24)19(25)12-15/h6-9,12,14H,3-5,10-11,13,29H2,1-2H3. The van der Waals surface area contributed by atoms with E-state index in [0.717, 1.165) is 42.7 Å². The van der Waals surface area contributed by atoms with Crippen LogP contribution in [0.5, 0.6) is 0 Å². The molecule has 0 saturated carbocycles. The second-order valence-electron chi connectivity index (χ2n) is 8.11. The van der Waals surface area contributed by atoms with Crippen molar-refractivity contribution >= 4 is 11.3 Å². The van der Waals surface area contributed by atoms with E-state index in [9.17, 15) is 22.0 Å². The van der Waals surface area contributed by atoms with E-state index in [1.165, 1.54) is 12.1 Å². The second-order valence-corrected chi connectivity index (χ2v) is 8.97. The van der Waals surface area contributed by atoms with Gasteiger partial charge in [-0.3, -0.25) is 0 Å². The molecule has 1 atom stereocenters. The van der Waals surface area contributed by atoms with Gasteiger partial charge >= 0.3 is 6.18 Å². The number of halogens is 5. The number of nitrogens with two attached hydrogens (primary N) is 1. The average molecular weight is 472 g/mol. The maximum atomic E-state index is 13.9. The number of nitrogens with zero attached hydrogens (tertiary/aromatic N) is 2. The number of likely N-dealkylation sites (N-methyl/N-ethyl adjacent to an activating group) is 1. The molecule has 32 heavy (non-hydrogen) atoms. The van der Waals surface area contributed by atoms with Crippen LogP contribution >= 0.6 is 11.3 Å². The van der Waals surface area contributed by atoms with Crippen LogP contribution in [0, 0.1) is 11.6 Å². The monoisotopic (exact) mass is 471 g/mol. The molecule has 3 nitrogen and oxygen atoms in total. The molecule has 0 fully saturated rings. The van der Waals surface area contributed by atoms with Crippen molar-refractivity contribution in [2.45, 2.75) is 50.7 Å². The molecule has 0 radical (unpaired) electrons. The highest BCUT2D eigenvalue weighted by Gasteiger charge is 2.44. The van der Waals surface area contributed by atoms with Crippen molar-refractivity contribution < 1.29 is 22.0 Å². The number of aromatic nitrogens is 1. The van der Waals surface area contributed by atoms with Gasteiger partial charge in [0.25, 0.3) is 0 Å². The molecule has 0 aliphatic heterocycles. The fraction of sp³-hybridized carbons (Fsp3) is 0.435. The summed E-state index contributed by atoms with van der Waals surface area (Å²) in [5.41, 5.74) is 5.52. The molecule has 0 amide bonds. The van der Waals surface area contributed by atoms with Gasteiger partial charge in [0.15, 0.2) is 11.6 Å². The van der Waals surface area contributed by atoms with Crippen LogP contribution in [0.25, 0.3) is 0 Å². The quantitative estimate of drug-likeness (QED) is 0.376. The Balaban J connectivity index is 1.82. The number of hydrogen-bond donors (Lipinski definition) is 1. The Morgan fingerprint density at radius 1 is 1.19 bits per heavy atom. The first-order valence-electron chi connectivity index (χ1n) is 10.4. The molecule has 9 heteroatoms. The first-order valence-corrected chi connectivity index (χ1v) is 11.3. The minimum atomic E-state index is -4.52. The van der Waals surface area contributed by atoms with Gasteiger partial charge in [-0.2, -0.15) is 13.2 Å². The normalized spacial score (nSPS) is 19.0. The number of allylic oxidation sites excluding steroid dienone is 1. The summed E-state index contributed by atoms with van der Waals surface area (Å²) in [5.74, 6) is -1.90. The fourth-order valence-corrected chi connectivity index (χ4v) is 4.61. The van der Waals surface area contributed by atoms with E-state index in [0.29, 0.717) is 22.8 Å². The number of rotatable bonds is 8. The molecule has 0 spiro atoms. The Kier molecular flexibility index (Phi) is 7.39. The lowest BCUT2D eigenvalue weighted by atomic mass is 9.85. The zero-order valence-electron chi connectivity index (χ0n) is 18.0. The molecular weight excluding hydrogens is 445 g/mol. The Labute approximate surface area is 188 Å². The van der Waals surface area contributed by atoms with Crippen molar-refractivity contribution in [3.8, 4) is 0 Å². The molecular formula is C23H26F5N3S. The zero-order chi connectivity index (χ0) is 23.5. The van der Waals surface area contributed by atoms with E-state index in [1.54, 1.807) is 23.4 Å². The van der Waals surface area contributed by atoms with Gasteiger partial charge in [-0.15, -0.1) is 11.3 Å². The van der Waals surface area contributed by atoms with E-state index in [4.69, 9.17) is 5.73 Å². The van der Waals surface area contributed by atoms with Crippen LogP contribution in [0.4, 0.5) is 22.0 Å². The van der Waals surface area contributed by atoms with Crippen molar-refractivity contribution in [2.75, 3.05) is 13.6 Å². The molecule has 174 valence electrons. The summed E-state index contributed by atoms with van der Waals surface area (Å²) in [4.78, 5) is 6.05. The SMILES string of the molecule is CCCCCN(C)C1=C(C(F)(F)F)CC(N)(c2nc(Cc3ccc(F)c(F)c3)cs2)C=C1. The first-order chi connectivity index (χ1) is 15.0. The average Bonchev–Trinajstić information content (AvgIpc) is 3.19. The summed E-state index contributed by atoms with van der Waals surface area (Å²) in [6.45, 7) is 2.57. The molecule has 1 aliphatic rings. The van der Waals surface area contributed by atoms with E-state index in [1.807, 2.05) is 6.92 Å². The predicted octanol–water partition coefficient (Wildman–Crippen LogP) is 6.06. The smallest absolute Gasteiger partial charge is 0.374 e. The van der Waals surface area contributed by atoms with Crippen LogP contribution in [0.3, 0.4) is 0 Å². The van der Waals surface area contributed by atoms with Crippen molar-refractivity contribution in [1.82, 2.24) is 9.88 Å². The zero-order valence-corrected chi connectivity index (χ0v) is 18.8. The van der Waals surface area contributed by atoms with Gasteiger partial charge in [0.1, 0.15) is 5.01 Å². The third-order valence-corrected chi connectivity index (χ3v) is 6.57. The highest BCUT2D eigenvalue weighted by atomic mass is 32.1. The molecule has 2 aromatic rings. The first kappa shape index (κ1) is 24.4. The topological polar surface area (TPSA) is 42.1 Å². The van der Waals surface area contributed by atoms with Crippen molar-refractivity contribution in [2.24, 2.45) is 5.73 Å². The number of alkyl halides is 3. The van der Waals surface area contributed by atoms with Crippen molar-refractivity contribution in [3.63, 3.8) is 0 Å². The lowest BCUT2D eigenvalue weighted by Gasteiger charge is -2.34. The molecule has 1 heterocycles. The van der Waals surface area contributed by atoms with Crippen LogP contribution in [-0.4, -0.2) is 29.7 Å². The lowest BCUT2D eigenvalue weighted by Crippen LogP contribution is -2.40. The molecule has 1 aliphatic carbocycles. The van der Waals surface area contributed by atoms with Crippen LogP contribution in [0.1, 0.15) is 48.9 Å². The van der Waals surface area contributed by atoms with E-state index < -0.39 is 35.3 Å². The summed E-state index contributed by atoms with van der Waals surface area (Å²) in [6.07, 6.45) is 1.04. The maximum Gasteiger partial charge on any atom is 0.414 e.